The van der Waals surface area contributed by atoms with Crippen molar-refractivity contribution in [2.24, 2.45) is 11.1 Å². The Morgan fingerprint density at radius 1 is 0.899 bits per heavy atom. The number of anilines is 2. The zero-order chi connectivity index (χ0) is 57.5. The summed E-state index contributed by atoms with van der Waals surface area (Å²) >= 11 is 8.11. The Labute approximate surface area is 470 Å². The van der Waals surface area contributed by atoms with Crippen LogP contribution in [0, 0.1) is 12.3 Å². The molecule has 3 aromatic carbocycles. The molecule has 4 heterocycles. The third-order valence-corrected chi connectivity index (χ3v) is 15.6. The van der Waals surface area contributed by atoms with Gasteiger partial charge in [0.25, 0.3) is 0 Å². The molecule has 19 nitrogen and oxygen atoms in total. The number of primary amides is 1. The minimum absolute atomic E-state index is 0.0454. The van der Waals surface area contributed by atoms with Gasteiger partial charge in [0.15, 0.2) is 0 Å². The van der Waals surface area contributed by atoms with E-state index in [0.29, 0.717) is 48.5 Å². The van der Waals surface area contributed by atoms with Crippen LogP contribution in [0.4, 0.5) is 16.2 Å². The number of aliphatic hydroxyl groups is 1. The lowest BCUT2D eigenvalue weighted by atomic mass is 9.85. The molecule has 1 saturated heterocycles. The number of para-hydroxylation sites is 1. The Kier molecular flexibility index (Phi) is 19.3. The molecule has 0 bridgehead atoms. The lowest BCUT2D eigenvalue weighted by molar-refractivity contribution is -0.144. The molecule has 0 aliphatic carbocycles. The molecule has 3 aliphatic rings. The number of ether oxygens (including phenoxy) is 1. The Balaban J connectivity index is 0.915. The highest BCUT2D eigenvalue weighted by atomic mass is 35.5. The molecule has 0 unspecified atom stereocenters. The van der Waals surface area contributed by atoms with E-state index in [2.05, 4.69) is 31.6 Å². The number of hydrogen-bond donors (Lipinski definition) is 7. The normalized spacial score (nSPS) is 19.1. The highest BCUT2D eigenvalue weighted by Crippen LogP contribution is 2.39. The summed E-state index contributed by atoms with van der Waals surface area (Å²) in [7, 11) is 0. The molecule has 1 fully saturated rings. The van der Waals surface area contributed by atoms with Gasteiger partial charge in [-0.25, -0.2) is 9.78 Å². The third-order valence-electron chi connectivity index (χ3n) is 14.4. The molecular formula is C58H74ClN9O10S. The smallest absolute Gasteiger partial charge is 0.408 e. The molecule has 8 N–H and O–H groups in total. The summed E-state index contributed by atoms with van der Waals surface area (Å²) in [5, 5.41) is 25.3. The zero-order valence-corrected chi connectivity index (χ0v) is 47.8. The Bertz CT molecular complexity index is 2940. The minimum atomic E-state index is -1.24. The van der Waals surface area contributed by atoms with Crippen molar-refractivity contribution in [1.29, 1.82) is 0 Å². The first kappa shape index (κ1) is 59.8. The number of rotatable bonds is 20. The number of thiazole rings is 1. The number of nitrogens with one attached hydrogen (secondary N) is 5. The van der Waals surface area contributed by atoms with Gasteiger partial charge in [-0.3, -0.25) is 38.5 Å². The number of nitrogens with zero attached hydrogens (tertiary/aromatic N) is 3. The van der Waals surface area contributed by atoms with Crippen LogP contribution in [0.1, 0.15) is 134 Å². The number of amides is 8. The van der Waals surface area contributed by atoms with Gasteiger partial charge in [-0.2, -0.15) is 0 Å². The second kappa shape index (κ2) is 25.5. The fourth-order valence-electron chi connectivity index (χ4n) is 10.4. The summed E-state index contributed by atoms with van der Waals surface area (Å²) < 4.78 is 5.43. The first-order valence-electron chi connectivity index (χ1n) is 27.0. The summed E-state index contributed by atoms with van der Waals surface area (Å²) in [6.45, 7) is 14.4. The quantitative estimate of drug-likeness (QED) is 0.0456. The number of hydrogen-bond acceptors (Lipinski definition) is 12. The van der Waals surface area contributed by atoms with Gasteiger partial charge in [0.2, 0.25) is 41.4 Å². The number of aromatic nitrogens is 1. The second-order valence-corrected chi connectivity index (χ2v) is 24.2. The van der Waals surface area contributed by atoms with Crippen LogP contribution in [0.25, 0.3) is 10.4 Å². The molecule has 8 amide bonds. The molecule has 7 rings (SSSR count). The fourth-order valence-corrected chi connectivity index (χ4v) is 11.5. The van der Waals surface area contributed by atoms with Gasteiger partial charge in [-0.15, -0.1) is 11.3 Å². The summed E-state index contributed by atoms with van der Waals surface area (Å²) in [6.07, 6.45) is 1.34. The number of β-amino-alcohol motifs (C(OH)–C–C–N with tert-alkyl or cyclic N) is 1. The maximum atomic E-state index is 14.3. The maximum Gasteiger partial charge on any atom is 0.408 e. The topological polar surface area (TPSA) is 272 Å². The molecular weight excluding hydrogens is 1050 g/mol. The average molecular weight is 1120 g/mol. The number of carbonyl (C=O) groups excluding carboxylic acids is 8. The summed E-state index contributed by atoms with van der Waals surface area (Å²) in [4.78, 5) is 117. The van der Waals surface area contributed by atoms with Gasteiger partial charge in [-0.05, 0) is 125 Å². The zero-order valence-electron chi connectivity index (χ0n) is 46.2. The van der Waals surface area contributed by atoms with Gasteiger partial charge >= 0.3 is 6.09 Å². The molecule has 79 heavy (non-hydrogen) atoms. The van der Waals surface area contributed by atoms with Crippen molar-refractivity contribution < 1.29 is 48.2 Å². The van der Waals surface area contributed by atoms with E-state index in [-0.39, 0.29) is 57.0 Å². The van der Waals surface area contributed by atoms with Crippen LogP contribution in [0.5, 0.6) is 0 Å². The predicted molar refractivity (Wildman–Crippen MR) is 302 cm³/mol. The molecule has 4 aromatic rings. The first-order valence-corrected chi connectivity index (χ1v) is 28.2. The minimum Gasteiger partial charge on any atom is -0.444 e. The fraction of sp³-hybridized carbons (Fsp3) is 0.500. The van der Waals surface area contributed by atoms with E-state index < -0.39 is 88.9 Å². The molecule has 7 atom stereocenters. The SMILES string of the molecule is Cc1ncsc1-c1ccc([C@H](C)NC(=O)[C@@H]2C[C@@H](O)CN2C(=O)[C@@H](NC(=O)CCCCCc2cc(Cl)cc(NC(=O)[C@H](CCC(N)=O)NC(=O)[C@@H]3Cc4cccc5c4N3C(=O)[C@@H](NC(=O)OC(C)(C)C)CC5)c2)C(C)(C)C)cc1. The Hall–Kier alpha value is -6.90. The molecule has 0 saturated carbocycles. The number of alkyl carbamates (subject to hydrolysis) is 1. The number of benzene rings is 3. The van der Waals surface area contributed by atoms with E-state index in [9.17, 15) is 43.5 Å². The van der Waals surface area contributed by atoms with Crippen LogP contribution < -0.4 is 37.2 Å². The van der Waals surface area contributed by atoms with Crippen LogP contribution in [0.15, 0.2) is 66.2 Å². The first-order chi connectivity index (χ1) is 37.3. The summed E-state index contributed by atoms with van der Waals surface area (Å²) in [5.41, 5.74) is 11.9. The van der Waals surface area contributed by atoms with Crippen molar-refractivity contribution >= 4 is 81.8 Å². The molecule has 1 aromatic heterocycles. The Morgan fingerprint density at radius 3 is 2.28 bits per heavy atom. The second-order valence-electron chi connectivity index (χ2n) is 22.9. The number of aryl methyl sites for hydroxylation is 3. The highest BCUT2D eigenvalue weighted by molar-refractivity contribution is 7.13. The largest absolute Gasteiger partial charge is 0.444 e. The van der Waals surface area contributed by atoms with Gasteiger partial charge in [0, 0.05) is 42.9 Å². The van der Waals surface area contributed by atoms with Crippen molar-refractivity contribution in [3.8, 4) is 10.4 Å². The molecule has 0 radical (unpaired) electrons. The molecule has 3 aliphatic heterocycles. The third kappa shape index (κ3) is 15.5. The van der Waals surface area contributed by atoms with Gasteiger partial charge in [0.1, 0.15) is 35.8 Å². The van der Waals surface area contributed by atoms with Gasteiger partial charge in [0.05, 0.1) is 33.9 Å². The lowest BCUT2D eigenvalue weighted by Crippen LogP contribution is -2.57. The van der Waals surface area contributed by atoms with Crippen molar-refractivity contribution in [3.63, 3.8) is 0 Å². The Morgan fingerprint density at radius 2 is 1.61 bits per heavy atom. The van der Waals surface area contributed by atoms with Gasteiger partial charge < -0.3 is 47.1 Å². The lowest BCUT2D eigenvalue weighted by Gasteiger charge is -2.35. The number of likely N-dealkylation sites (tertiary alicyclic amines) is 1. The van der Waals surface area contributed by atoms with Gasteiger partial charge in [-0.1, -0.05) is 81.3 Å². The number of carbonyl (C=O) groups is 8. The predicted octanol–water partition coefficient (Wildman–Crippen LogP) is 6.73. The van der Waals surface area contributed by atoms with E-state index in [1.54, 1.807) is 55.8 Å². The number of aliphatic hydroxyl groups excluding tert-OH is 1. The van der Waals surface area contributed by atoms with Crippen molar-refractivity contribution in [2.45, 2.75) is 174 Å². The van der Waals surface area contributed by atoms with Crippen LogP contribution >= 0.6 is 22.9 Å². The van der Waals surface area contributed by atoms with Crippen molar-refractivity contribution in [2.75, 3.05) is 16.8 Å². The van der Waals surface area contributed by atoms with E-state index >= 15 is 0 Å². The van der Waals surface area contributed by atoms with E-state index in [1.807, 2.05) is 77.1 Å². The van der Waals surface area contributed by atoms with Crippen LogP contribution in [0.3, 0.4) is 0 Å². The maximum absolute atomic E-state index is 14.3. The monoisotopic (exact) mass is 1120 g/mol. The van der Waals surface area contributed by atoms with Crippen molar-refractivity contribution in [3.05, 3.63) is 99.1 Å². The van der Waals surface area contributed by atoms with Crippen LogP contribution in [-0.4, -0.2) is 111 Å². The molecule has 21 heteroatoms. The van der Waals surface area contributed by atoms with E-state index in [0.717, 1.165) is 38.4 Å². The van der Waals surface area contributed by atoms with E-state index in [1.165, 1.54) is 9.80 Å². The van der Waals surface area contributed by atoms with Crippen LogP contribution in [0.2, 0.25) is 5.02 Å². The number of nitrogens with two attached hydrogens (primary N) is 1. The highest BCUT2D eigenvalue weighted by Gasteiger charge is 2.46. The average Bonchev–Trinajstić information content (AvgIpc) is 4.17. The number of halogens is 1. The van der Waals surface area contributed by atoms with E-state index in [4.69, 9.17) is 22.1 Å². The summed E-state index contributed by atoms with van der Waals surface area (Å²) in [6, 6.07) is 12.9. The van der Waals surface area contributed by atoms with Crippen LogP contribution in [-0.2, 0) is 57.6 Å². The number of unbranched alkanes of at least 4 members (excludes halogenated alkanes) is 2. The standard InChI is InChI=1S/C58H74ClN9O10S/c1-32(35-17-19-37(20-18-35)49-33(2)61-31-79-49)62-52(73)44-29-41(69)30-67(44)55(76)50(57(3,4)5)66-47(71)16-11-9-10-13-34-25-39(59)28-40(26-34)63-51(72)42(23-24-46(60)70)64-53(74)45-27-38-15-12-14-36-21-22-43(54(75)68(45)48(36)38)65-56(77)78-58(6,7)8/h12,14-15,17-20,25-26,28,31-32,41-45,50,69H,9-11,13,16,21-24,27,29-30H2,1-8H3,(H2,60,70)(H,62,73)(H,63,72)(H,64,74)(H,65,77)(H,66,71)/t32-,41+,42-,43-,44-,45-,50+/m0/s1. The molecule has 424 valence electrons. The molecule has 0 spiro atoms. The summed E-state index contributed by atoms with van der Waals surface area (Å²) in [5.74, 6) is -3.62. The van der Waals surface area contributed by atoms with Crippen molar-refractivity contribution in [1.82, 2.24) is 31.2 Å².